The van der Waals surface area contributed by atoms with E-state index in [-0.39, 0.29) is 6.04 Å². The van der Waals surface area contributed by atoms with Crippen molar-refractivity contribution >= 4 is 54.6 Å². The quantitative estimate of drug-likeness (QED) is 0.527. The maximum absolute atomic E-state index is 6.29. The monoisotopic (exact) mass is 379 g/mol. The average molecular weight is 381 g/mol. The molecule has 0 spiro atoms. The molecule has 4 heteroatoms. The van der Waals surface area contributed by atoms with Crippen LogP contribution >= 0.6 is 38.9 Å². The van der Waals surface area contributed by atoms with Crippen LogP contribution in [0, 0.1) is 6.92 Å². The number of hydrogen-bond donors (Lipinski definition) is 1. The van der Waals surface area contributed by atoms with Crippen LogP contribution in [0.2, 0.25) is 5.02 Å². The van der Waals surface area contributed by atoms with E-state index in [1.807, 2.05) is 29.5 Å². The zero-order chi connectivity index (χ0) is 15.0. The van der Waals surface area contributed by atoms with Crippen molar-refractivity contribution in [2.24, 2.45) is 0 Å². The Morgan fingerprint density at radius 3 is 2.67 bits per heavy atom. The fraction of sp³-hybridized carbons (Fsp3) is 0.176. The van der Waals surface area contributed by atoms with E-state index in [1.165, 1.54) is 20.5 Å². The first-order chi connectivity index (χ1) is 10.1. The molecule has 2 aromatic carbocycles. The number of aryl methyl sites for hydroxylation is 1. The van der Waals surface area contributed by atoms with Crippen LogP contribution in [-0.2, 0) is 0 Å². The Labute approximate surface area is 142 Å². The van der Waals surface area contributed by atoms with Crippen molar-refractivity contribution in [2.75, 3.05) is 5.32 Å². The van der Waals surface area contributed by atoms with Gasteiger partial charge in [0.2, 0.25) is 0 Å². The zero-order valence-corrected chi connectivity index (χ0v) is 14.9. The van der Waals surface area contributed by atoms with Gasteiger partial charge < -0.3 is 5.32 Å². The van der Waals surface area contributed by atoms with Crippen molar-refractivity contribution in [3.63, 3.8) is 0 Å². The number of hydrogen-bond acceptors (Lipinski definition) is 2. The van der Waals surface area contributed by atoms with E-state index >= 15 is 0 Å². The van der Waals surface area contributed by atoms with Crippen molar-refractivity contribution in [2.45, 2.75) is 19.9 Å². The van der Waals surface area contributed by atoms with Crippen molar-refractivity contribution in [1.82, 2.24) is 0 Å². The lowest BCUT2D eigenvalue weighted by molar-refractivity contribution is 0.900. The number of anilines is 1. The zero-order valence-electron chi connectivity index (χ0n) is 11.8. The summed E-state index contributed by atoms with van der Waals surface area (Å²) in [6.07, 6.45) is 0. The van der Waals surface area contributed by atoms with E-state index < -0.39 is 0 Å². The van der Waals surface area contributed by atoms with E-state index in [2.05, 4.69) is 59.4 Å². The molecule has 1 heterocycles. The van der Waals surface area contributed by atoms with Crippen molar-refractivity contribution < 1.29 is 0 Å². The second-order valence-electron chi connectivity index (χ2n) is 5.08. The minimum absolute atomic E-state index is 0.223. The van der Waals surface area contributed by atoms with E-state index in [0.29, 0.717) is 0 Å². The molecule has 108 valence electrons. The summed E-state index contributed by atoms with van der Waals surface area (Å²) in [6.45, 7) is 4.37. The number of nitrogens with one attached hydrogen (secondary N) is 1. The molecule has 3 aromatic rings. The van der Waals surface area contributed by atoms with Crippen molar-refractivity contribution in [1.29, 1.82) is 0 Å². The Hall–Kier alpha value is -1.03. The number of benzene rings is 2. The molecule has 0 saturated heterocycles. The Morgan fingerprint density at radius 1 is 1.19 bits per heavy atom. The number of halogens is 2. The van der Waals surface area contributed by atoms with Gasteiger partial charge in [0.05, 0.1) is 16.8 Å². The summed E-state index contributed by atoms with van der Waals surface area (Å²) >= 11 is 11.6. The van der Waals surface area contributed by atoms with Gasteiger partial charge in [-0.3, -0.25) is 0 Å². The van der Waals surface area contributed by atoms with Crippen LogP contribution < -0.4 is 5.32 Å². The van der Waals surface area contributed by atoms with Crippen molar-refractivity contribution in [3.05, 3.63) is 62.4 Å². The molecule has 0 aliphatic rings. The minimum atomic E-state index is 0.223. The lowest BCUT2D eigenvalue weighted by Gasteiger charge is -2.16. The van der Waals surface area contributed by atoms with E-state index in [9.17, 15) is 0 Å². The predicted octanol–water partition coefficient (Wildman–Crippen LogP) is 6.80. The van der Waals surface area contributed by atoms with E-state index in [4.69, 9.17) is 11.6 Å². The smallest absolute Gasteiger partial charge is 0.0648 e. The molecule has 0 radical (unpaired) electrons. The van der Waals surface area contributed by atoms with Crippen LogP contribution in [0.1, 0.15) is 23.4 Å². The summed E-state index contributed by atoms with van der Waals surface area (Å²) in [6, 6.07) is 14.7. The molecule has 0 saturated carbocycles. The first-order valence-corrected chi connectivity index (χ1v) is 8.74. The highest BCUT2D eigenvalue weighted by Gasteiger charge is 2.15. The Balaban J connectivity index is 1.93. The molecule has 3 rings (SSSR count). The van der Waals surface area contributed by atoms with Gasteiger partial charge in [-0.25, -0.2) is 0 Å². The van der Waals surface area contributed by atoms with Gasteiger partial charge >= 0.3 is 0 Å². The summed E-state index contributed by atoms with van der Waals surface area (Å²) < 4.78 is 2.32. The largest absolute Gasteiger partial charge is 0.376 e. The molecule has 0 amide bonds. The first kappa shape index (κ1) is 14.9. The maximum atomic E-state index is 6.29. The molecular formula is C17H15BrClNS. The van der Waals surface area contributed by atoms with Crippen LogP contribution in [0.15, 0.2) is 46.9 Å². The minimum Gasteiger partial charge on any atom is -0.376 e. The highest BCUT2D eigenvalue weighted by molar-refractivity contribution is 9.10. The van der Waals surface area contributed by atoms with Crippen LogP contribution in [-0.4, -0.2) is 0 Å². The standard InChI is InChI=1S/C17H15BrClNS/c1-10-13-5-3-4-6-16(13)21-17(10)11(2)20-15-8-7-12(18)9-14(15)19/h3-9,11,20H,1-2H3. The van der Waals surface area contributed by atoms with Crippen LogP contribution in [0.4, 0.5) is 5.69 Å². The molecule has 1 aromatic heterocycles. The average Bonchev–Trinajstić information content (AvgIpc) is 2.80. The summed E-state index contributed by atoms with van der Waals surface area (Å²) in [5.41, 5.74) is 2.31. The molecular weight excluding hydrogens is 366 g/mol. The third-order valence-electron chi connectivity index (χ3n) is 3.58. The number of rotatable bonds is 3. The van der Waals surface area contributed by atoms with Gasteiger partial charge in [-0.05, 0) is 49.1 Å². The topological polar surface area (TPSA) is 12.0 Å². The van der Waals surface area contributed by atoms with Gasteiger partial charge in [-0.2, -0.15) is 0 Å². The fourth-order valence-corrected chi connectivity index (χ4v) is 4.45. The molecule has 1 N–H and O–H groups in total. The highest BCUT2D eigenvalue weighted by atomic mass is 79.9. The van der Waals surface area contributed by atoms with E-state index in [1.54, 1.807) is 0 Å². The van der Waals surface area contributed by atoms with Crippen LogP contribution in [0.3, 0.4) is 0 Å². The lowest BCUT2D eigenvalue weighted by Crippen LogP contribution is -2.06. The second kappa shape index (κ2) is 5.99. The summed E-state index contributed by atoms with van der Waals surface area (Å²) in [7, 11) is 0. The van der Waals surface area contributed by atoms with Gasteiger partial charge in [0.1, 0.15) is 0 Å². The lowest BCUT2D eigenvalue weighted by atomic mass is 10.1. The van der Waals surface area contributed by atoms with Crippen molar-refractivity contribution in [3.8, 4) is 0 Å². The first-order valence-electron chi connectivity index (χ1n) is 6.76. The Bertz CT molecular complexity index is 797. The molecule has 21 heavy (non-hydrogen) atoms. The second-order valence-corrected chi connectivity index (χ2v) is 7.48. The van der Waals surface area contributed by atoms with Gasteiger partial charge in [0.15, 0.2) is 0 Å². The van der Waals surface area contributed by atoms with Gasteiger partial charge in [0, 0.05) is 14.0 Å². The predicted molar refractivity (Wildman–Crippen MR) is 97.8 cm³/mol. The third kappa shape index (κ3) is 2.96. The van der Waals surface area contributed by atoms with Crippen LogP contribution in [0.25, 0.3) is 10.1 Å². The summed E-state index contributed by atoms with van der Waals surface area (Å²) in [4.78, 5) is 1.36. The van der Waals surface area contributed by atoms with Crippen LogP contribution in [0.5, 0.6) is 0 Å². The number of fused-ring (bicyclic) bond motifs is 1. The fourth-order valence-electron chi connectivity index (χ4n) is 2.51. The molecule has 1 atom stereocenters. The SMILES string of the molecule is Cc1c(C(C)Nc2ccc(Br)cc2Cl)sc2ccccc12. The molecule has 0 aliphatic heterocycles. The third-order valence-corrected chi connectivity index (χ3v) is 5.84. The van der Waals surface area contributed by atoms with E-state index in [0.717, 1.165) is 15.2 Å². The highest BCUT2D eigenvalue weighted by Crippen LogP contribution is 2.37. The van der Waals surface area contributed by atoms with Gasteiger partial charge in [-0.1, -0.05) is 45.7 Å². The Kier molecular flexibility index (Phi) is 4.25. The molecule has 0 aliphatic carbocycles. The Morgan fingerprint density at radius 2 is 1.95 bits per heavy atom. The molecule has 0 fully saturated rings. The molecule has 0 bridgehead atoms. The maximum Gasteiger partial charge on any atom is 0.0648 e. The van der Waals surface area contributed by atoms with Gasteiger partial charge in [-0.15, -0.1) is 11.3 Å². The summed E-state index contributed by atoms with van der Waals surface area (Å²) in [5.74, 6) is 0. The molecule has 1 nitrogen and oxygen atoms in total. The molecule has 1 unspecified atom stereocenters. The summed E-state index contributed by atoms with van der Waals surface area (Å²) in [5, 5.41) is 5.59. The number of thiophene rings is 1. The normalized spacial score (nSPS) is 12.6. The van der Waals surface area contributed by atoms with Gasteiger partial charge in [0.25, 0.3) is 0 Å².